The highest BCUT2D eigenvalue weighted by Crippen LogP contribution is 2.08. The van der Waals surface area contributed by atoms with Crippen molar-refractivity contribution >= 4 is 0 Å². The van der Waals surface area contributed by atoms with Gasteiger partial charge in [0.05, 0.1) is 6.61 Å². The fourth-order valence-corrected chi connectivity index (χ4v) is 2.49. The molecule has 2 heterocycles. The lowest BCUT2D eigenvalue weighted by Gasteiger charge is -2.26. The van der Waals surface area contributed by atoms with Crippen LogP contribution in [0, 0.1) is 0 Å². The predicted octanol–water partition coefficient (Wildman–Crippen LogP) is 1.24. The lowest BCUT2D eigenvalue weighted by atomic mass is 10.1. The van der Waals surface area contributed by atoms with Crippen LogP contribution in [0.15, 0.2) is 0 Å². The quantitative estimate of drug-likeness (QED) is 0.694. The third kappa shape index (κ3) is 4.09. The molecule has 2 saturated heterocycles. The van der Waals surface area contributed by atoms with Crippen molar-refractivity contribution in [3.05, 3.63) is 0 Å². The first-order valence-corrected chi connectivity index (χ1v) is 6.48. The van der Waals surface area contributed by atoms with Gasteiger partial charge in [-0.15, -0.1) is 0 Å². The zero-order chi connectivity index (χ0) is 10.3. The van der Waals surface area contributed by atoms with E-state index in [1.165, 1.54) is 51.7 Å². The highest BCUT2D eigenvalue weighted by atomic mass is 16.5. The number of nitrogens with zero attached hydrogens (tertiary/aromatic N) is 1. The molecule has 0 saturated carbocycles. The van der Waals surface area contributed by atoms with Crippen LogP contribution in [-0.4, -0.2) is 50.3 Å². The molecule has 0 radical (unpaired) electrons. The van der Waals surface area contributed by atoms with Gasteiger partial charge in [0.25, 0.3) is 0 Å². The summed E-state index contributed by atoms with van der Waals surface area (Å²) >= 11 is 0. The average molecular weight is 212 g/mol. The number of ether oxygens (including phenoxy) is 1. The van der Waals surface area contributed by atoms with Gasteiger partial charge in [-0.05, 0) is 51.9 Å². The molecule has 0 bridgehead atoms. The Morgan fingerprint density at radius 1 is 1.20 bits per heavy atom. The van der Waals surface area contributed by atoms with E-state index in [4.69, 9.17) is 4.74 Å². The summed E-state index contributed by atoms with van der Waals surface area (Å²) in [6, 6.07) is 0.631. The second-order valence-electron chi connectivity index (χ2n) is 4.77. The predicted molar refractivity (Wildman–Crippen MR) is 62.1 cm³/mol. The molecule has 2 aliphatic rings. The first-order valence-electron chi connectivity index (χ1n) is 6.48. The highest BCUT2D eigenvalue weighted by Gasteiger charge is 2.14. The maximum atomic E-state index is 5.33. The van der Waals surface area contributed by atoms with Gasteiger partial charge in [-0.1, -0.05) is 6.42 Å². The Morgan fingerprint density at radius 3 is 2.80 bits per heavy atom. The molecule has 15 heavy (non-hydrogen) atoms. The molecule has 1 N–H and O–H groups in total. The molecule has 0 aliphatic carbocycles. The molecule has 2 fully saturated rings. The molecule has 1 atom stereocenters. The van der Waals surface area contributed by atoms with E-state index in [0.717, 1.165) is 19.8 Å². The second-order valence-corrected chi connectivity index (χ2v) is 4.77. The van der Waals surface area contributed by atoms with Gasteiger partial charge in [0.15, 0.2) is 0 Å². The summed E-state index contributed by atoms with van der Waals surface area (Å²) in [5, 5.41) is 3.57. The van der Waals surface area contributed by atoms with Gasteiger partial charge in [-0.25, -0.2) is 0 Å². The third-order valence-electron chi connectivity index (χ3n) is 3.46. The number of hydrogen-bond donors (Lipinski definition) is 1. The fourth-order valence-electron chi connectivity index (χ4n) is 2.49. The molecule has 2 aliphatic heterocycles. The minimum atomic E-state index is 0.631. The van der Waals surface area contributed by atoms with Crippen LogP contribution in [0.1, 0.15) is 32.1 Å². The molecular weight excluding hydrogens is 188 g/mol. The first-order chi connectivity index (χ1) is 7.45. The third-order valence-corrected chi connectivity index (χ3v) is 3.46. The molecule has 3 heteroatoms. The van der Waals surface area contributed by atoms with E-state index < -0.39 is 0 Å². The van der Waals surface area contributed by atoms with Crippen molar-refractivity contribution in [1.29, 1.82) is 0 Å². The lowest BCUT2D eigenvalue weighted by molar-refractivity contribution is 0.189. The minimum absolute atomic E-state index is 0.631. The summed E-state index contributed by atoms with van der Waals surface area (Å²) in [5.41, 5.74) is 0. The van der Waals surface area contributed by atoms with E-state index in [1.807, 2.05) is 0 Å². The molecule has 0 aromatic heterocycles. The van der Waals surface area contributed by atoms with Crippen molar-refractivity contribution < 1.29 is 4.74 Å². The van der Waals surface area contributed by atoms with Crippen LogP contribution in [0.5, 0.6) is 0 Å². The van der Waals surface area contributed by atoms with Crippen molar-refractivity contribution in [2.75, 3.05) is 39.4 Å². The Balaban J connectivity index is 1.47. The Bertz CT molecular complexity index is 163. The first kappa shape index (κ1) is 11.4. The highest BCUT2D eigenvalue weighted by molar-refractivity contribution is 4.71. The maximum Gasteiger partial charge on any atom is 0.0620 e. The second kappa shape index (κ2) is 6.46. The van der Waals surface area contributed by atoms with Gasteiger partial charge in [-0.3, -0.25) is 0 Å². The van der Waals surface area contributed by atoms with E-state index in [9.17, 15) is 0 Å². The molecule has 3 nitrogen and oxygen atoms in total. The van der Waals surface area contributed by atoms with Gasteiger partial charge < -0.3 is 15.0 Å². The van der Waals surface area contributed by atoms with Crippen LogP contribution >= 0.6 is 0 Å². The summed E-state index contributed by atoms with van der Waals surface area (Å²) in [5.74, 6) is 0. The Hall–Kier alpha value is -0.120. The monoisotopic (exact) mass is 212 g/mol. The van der Waals surface area contributed by atoms with E-state index in [2.05, 4.69) is 10.2 Å². The van der Waals surface area contributed by atoms with E-state index >= 15 is 0 Å². The SMILES string of the molecule is C1CCN(CCCNC2CCOC2)CC1. The lowest BCUT2D eigenvalue weighted by Crippen LogP contribution is -2.35. The van der Waals surface area contributed by atoms with E-state index in [0.29, 0.717) is 6.04 Å². The summed E-state index contributed by atoms with van der Waals surface area (Å²) < 4.78 is 5.33. The Morgan fingerprint density at radius 2 is 2.07 bits per heavy atom. The van der Waals surface area contributed by atoms with Crippen LogP contribution in [0.3, 0.4) is 0 Å². The average Bonchev–Trinajstić information content (AvgIpc) is 2.79. The zero-order valence-corrected chi connectivity index (χ0v) is 9.71. The van der Waals surface area contributed by atoms with Crippen molar-refractivity contribution in [1.82, 2.24) is 10.2 Å². The van der Waals surface area contributed by atoms with Gasteiger partial charge in [0, 0.05) is 12.6 Å². The summed E-state index contributed by atoms with van der Waals surface area (Å²) in [6.45, 7) is 6.96. The van der Waals surface area contributed by atoms with Crippen LogP contribution in [0.2, 0.25) is 0 Å². The molecule has 88 valence electrons. The van der Waals surface area contributed by atoms with Crippen LogP contribution in [-0.2, 0) is 4.74 Å². The zero-order valence-electron chi connectivity index (χ0n) is 9.71. The Kier molecular flexibility index (Phi) is 4.90. The van der Waals surface area contributed by atoms with Crippen molar-refractivity contribution in [2.24, 2.45) is 0 Å². The largest absolute Gasteiger partial charge is 0.380 e. The minimum Gasteiger partial charge on any atom is -0.380 e. The van der Waals surface area contributed by atoms with Gasteiger partial charge in [0.1, 0.15) is 0 Å². The van der Waals surface area contributed by atoms with Gasteiger partial charge in [0.2, 0.25) is 0 Å². The molecule has 0 amide bonds. The number of piperidine rings is 1. The van der Waals surface area contributed by atoms with Gasteiger partial charge in [-0.2, -0.15) is 0 Å². The van der Waals surface area contributed by atoms with Crippen LogP contribution < -0.4 is 5.32 Å². The summed E-state index contributed by atoms with van der Waals surface area (Å²) in [4.78, 5) is 2.61. The molecule has 0 aromatic rings. The van der Waals surface area contributed by atoms with Crippen molar-refractivity contribution in [2.45, 2.75) is 38.1 Å². The molecule has 0 spiro atoms. The standard InChI is InChI=1S/C12H24N2O/c1-2-7-14(8-3-1)9-4-6-13-12-5-10-15-11-12/h12-13H,1-11H2. The van der Waals surface area contributed by atoms with Crippen LogP contribution in [0.25, 0.3) is 0 Å². The summed E-state index contributed by atoms with van der Waals surface area (Å²) in [7, 11) is 0. The maximum absolute atomic E-state index is 5.33. The topological polar surface area (TPSA) is 24.5 Å². The number of hydrogen-bond acceptors (Lipinski definition) is 3. The van der Waals surface area contributed by atoms with Gasteiger partial charge >= 0.3 is 0 Å². The van der Waals surface area contributed by atoms with Crippen LogP contribution in [0.4, 0.5) is 0 Å². The fraction of sp³-hybridized carbons (Fsp3) is 1.00. The van der Waals surface area contributed by atoms with E-state index in [1.54, 1.807) is 0 Å². The number of likely N-dealkylation sites (tertiary alicyclic amines) is 1. The number of rotatable bonds is 5. The molecular formula is C12H24N2O. The normalized spacial score (nSPS) is 28.4. The smallest absolute Gasteiger partial charge is 0.0620 e. The molecule has 2 rings (SSSR count). The summed E-state index contributed by atoms with van der Waals surface area (Å²) in [6.07, 6.45) is 6.74. The van der Waals surface area contributed by atoms with E-state index in [-0.39, 0.29) is 0 Å². The van der Waals surface area contributed by atoms with Crippen molar-refractivity contribution in [3.63, 3.8) is 0 Å². The molecule has 1 unspecified atom stereocenters. The van der Waals surface area contributed by atoms with Crippen molar-refractivity contribution in [3.8, 4) is 0 Å². The Labute approximate surface area is 93.2 Å². The molecule has 0 aromatic carbocycles. The number of nitrogens with one attached hydrogen (secondary N) is 1.